The molecule has 0 aliphatic rings. The highest BCUT2D eigenvalue weighted by molar-refractivity contribution is 6.31. The Hall–Kier alpha value is -2.01. The number of amides is 1. The van der Waals surface area contributed by atoms with Gasteiger partial charge in [-0.3, -0.25) is 9.59 Å². The molecule has 1 aromatic carbocycles. The third-order valence-corrected chi connectivity index (χ3v) is 3.94. The lowest BCUT2D eigenvalue weighted by Crippen LogP contribution is -2.24. The van der Waals surface area contributed by atoms with Gasteiger partial charge in [0, 0.05) is 28.9 Å². The number of hydrogen-bond donors (Lipinski definition) is 2. The normalized spacial score (nSPS) is 10.9. The smallest absolute Gasteiger partial charge is 0.303 e. The molecule has 2 rings (SSSR count). The Kier molecular flexibility index (Phi) is 6.04. The summed E-state index contributed by atoms with van der Waals surface area (Å²) in [5, 5.41) is 12.8. The summed E-state index contributed by atoms with van der Waals surface area (Å²) in [6.07, 6.45) is 3.43. The van der Waals surface area contributed by atoms with Gasteiger partial charge in [-0.15, -0.1) is 0 Å². The molecule has 0 aliphatic heterocycles. The molecule has 2 aromatic rings. The van der Waals surface area contributed by atoms with Gasteiger partial charge < -0.3 is 14.8 Å². The molecule has 0 fully saturated rings. The van der Waals surface area contributed by atoms with E-state index in [0.717, 1.165) is 30.2 Å². The Labute approximate surface area is 139 Å². The molecule has 0 atom stereocenters. The number of fused-ring (bicyclic) bond motifs is 1. The Morgan fingerprint density at radius 1 is 1.22 bits per heavy atom. The number of unbranched alkanes of at least 4 members (excludes halogenated alkanes) is 3. The van der Waals surface area contributed by atoms with Crippen molar-refractivity contribution in [3.05, 3.63) is 34.5 Å². The van der Waals surface area contributed by atoms with E-state index in [1.54, 1.807) is 18.2 Å². The summed E-state index contributed by atoms with van der Waals surface area (Å²) < 4.78 is 5.60. The summed E-state index contributed by atoms with van der Waals surface area (Å²) in [7, 11) is 0. The van der Waals surface area contributed by atoms with Crippen molar-refractivity contribution in [1.82, 2.24) is 5.32 Å². The summed E-state index contributed by atoms with van der Waals surface area (Å²) in [4.78, 5) is 22.6. The fourth-order valence-electron chi connectivity index (χ4n) is 2.45. The van der Waals surface area contributed by atoms with Gasteiger partial charge in [0.25, 0.3) is 5.91 Å². The number of carboxylic acid groups (broad SMARTS) is 1. The van der Waals surface area contributed by atoms with E-state index in [0.29, 0.717) is 29.3 Å². The second-order valence-corrected chi connectivity index (χ2v) is 5.95. The predicted octanol–water partition coefficient (Wildman–Crippen LogP) is 4.16. The van der Waals surface area contributed by atoms with Gasteiger partial charge in [0.2, 0.25) is 0 Å². The van der Waals surface area contributed by atoms with Crippen molar-refractivity contribution in [2.24, 2.45) is 0 Å². The zero-order valence-electron chi connectivity index (χ0n) is 13.0. The van der Waals surface area contributed by atoms with Crippen molar-refractivity contribution in [2.45, 2.75) is 39.0 Å². The maximum atomic E-state index is 12.2. The second-order valence-electron chi connectivity index (χ2n) is 5.51. The first-order valence-electron chi connectivity index (χ1n) is 7.67. The van der Waals surface area contributed by atoms with Gasteiger partial charge in [0.05, 0.1) is 0 Å². The van der Waals surface area contributed by atoms with Crippen LogP contribution in [0.3, 0.4) is 0 Å². The minimum Gasteiger partial charge on any atom is -0.481 e. The van der Waals surface area contributed by atoms with Crippen LogP contribution < -0.4 is 5.32 Å². The topological polar surface area (TPSA) is 79.5 Å². The number of benzene rings is 1. The third-order valence-electron chi connectivity index (χ3n) is 3.71. The Balaban J connectivity index is 1.82. The molecule has 5 nitrogen and oxygen atoms in total. The number of halogens is 1. The van der Waals surface area contributed by atoms with Crippen LogP contribution in [0.25, 0.3) is 11.0 Å². The van der Waals surface area contributed by atoms with Crippen LogP contribution >= 0.6 is 11.6 Å². The van der Waals surface area contributed by atoms with E-state index in [2.05, 4.69) is 5.32 Å². The van der Waals surface area contributed by atoms with E-state index >= 15 is 0 Å². The van der Waals surface area contributed by atoms with E-state index in [-0.39, 0.29) is 12.3 Å². The zero-order chi connectivity index (χ0) is 16.8. The molecule has 1 aromatic heterocycles. The van der Waals surface area contributed by atoms with Gasteiger partial charge >= 0.3 is 5.97 Å². The van der Waals surface area contributed by atoms with Crippen molar-refractivity contribution in [3.63, 3.8) is 0 Å². The first-order chi connectivity index (χ1) is 11.0. The molecule has 0 saturated carbocycles. The first-order valence-corrected chi connectivity index (χ1v) is 8.05. The monoisotopic (exact) mass is 337 g/mol. The van der Waals surface area contributed by atoms with Crippen molar-refractivity contribution in [2.75, 3.05) is 6.54 Å². The van der Waals surface area contributed by atoms with Crippen LogP contribution in [0.4, 0.5) is 0 Å². The maximum absolute atomic E-state index is 12.2. The van der Waals surface area contributed by atoms with E-state index in [9.17, 15) is 9.59 Å². The Morgan fingerprint density at radius 3 is 2.70 bits per heavy atom. The molecule has 2 N–H and O–H groups in total. The van der Waals surface area contributed by atoms with Gasteiger partial charge in [0.1, 0.15) is 5.58 Å². The molecule has 0 bridgehead atoms. The van der Waals surface area contributed by atoms with Crippen molar-refractivity contribution >= 4 is 34.4 Å². The number of hydrogen-bond acceptors (Lipinski definition) is 3. The van der Waals surface area contributed by atoms with E-state index in [1.165, 1.54) is 0 Å². The van der Waals surface area contributed by atoms with E-state index < -0.39 is 5.97 Å². The minimum absolute atomic E-state index is 0.201. The lowest BCUT2D eigenvalue weighted by molar-refractivity contribution is -0.137. The largest absolute Gasteiger partial charge is 0.481 e. The van der Waals surface area contributed by atoms with Gasteiger partial charge in [-0.05, 0) is 38.0 Å². The second kappa shape index (κ2) is 8.02. The highest BCUT2D eigenvalue weighted by Gasteiger charge is 2.17. The van der Waals surface area contributed by atoms with Crippen molar-refractivity contribution in [3.8, 4) is 0 Å². The molecule has 0 unspecified atom stereocenters. The highest BCUT2D eigenvalue weighted by Crippen LogP contribution is 2.27. The fourth-order valence-corrected chi connectivity index (χ4v) is 2.62. The molecule has 0 saturated heterocycles. The number of furan rings is 1. The average molecular weight is 338 g/mol. The highest BCUT2D eigenvalue weighted by atomic mass is 35.5. The van der Waals surface area contributed by atoms with Crippen molar-refractivity contribution < 1.29 is 19.1 Å². The summed E-state index contributed by atoms with van der Waals surface area (Å²) in [5.74, 6) is -0.688. The maximum Gasteiger partial charge on any atom is 0.303 e. The Morgan fingerprint density at radius 2 is 1.96 bits per heavy atom. The quantitative estimate of drug-likeness (QED) is 0.709. The third kappa shape index (κ3) is 4.73. The minimum atomic E-state index is -0.765. The lowest BCUT2D eigenvalue weighted by atomic mass is 10.1. The number of rotatable bonds is 8. The molecule has 23 heavy (non-hydrogen) atoms. The van der Waals surface area contributed by atoms with Crippen LogP contribution in [0, 0.1) is 6.92 Å². The summed E-state index contributed by atoms with van der Waals surface area (Å²) in [6.45, 7) is 2.38. The van der Waals surface area contributed by atoms with Crippen LogP contribution in [0.1, 0.15) is 48.2 Å². The zero-order valence-corrected chi connectivity index (χ0v) is 13.8. The van der Waals surface area contributed by atoms with Crippen LogP contribution in [0.15, 0.2) is 22.6 Å². The van der Waals surface area contributed by atoms with Gasteiger partial charge in [-0.1, -0.05) is 24.4 Å². The molecule has 1 amide bonds. The number of carboxylic acids is 1. The molecule has 1 heterocycles. The number of carbonyl (C=O) groups excluding carboxylic acids is 1. The van der Waals surface area contributed by atoms with Crippen LogP contribution in [-0.2, 0) is 4.79 Å². The lowest BCUT2D eigenvalue weighted by Gasteiger charge is -2.03. The Bertz CT molecular complexity index is 708. The van der Waals surface area contributed by atoms with Gasteiger partial charge in [0.15, 0.2) is 5.76 Å². The van der Waals surface area contributed by atoms with Crippen molar-refractivity contribution in [1.29, 1.82) is 0 Å². The standard InChI is InChI=1S/C17H20ClNO4/c1-11-13-10-12(18)7-8-14(13)23-16(11)17(22)19-9-5-3-2-4-6-15(20)21/h7-8,10H,2-6,9H2,1H3,(H,19,22)(H,20,21). The molecular weight excluding hydrogens is 318 g/mol. The molecule has 0 spiro atoms. The first kappa shape index (κ1) is 17.3. The molecule has 0 aliphatic carbocycles. The van der Waals surface area contributed by atoms with Gasteiger partial charge in [-0.2, -0.15) is 0 Å². The number of carbonyl (C=O) groups is 2. The van der Waals surface area contributed by atoms with Crippen LogP contribution in [0.2, 0.25) is 5.02 Å². The van der Waals surface area contributed by atoms with E-state index in [4.69, 9.17) is 21.1 Å². The summed E-state index contributed by atoms with van der Waals surface area (Å²) in [6, 6.07) is 5.27. The fraction of sp³-hybridized carbons (Fsp3) is 0.412. The summed E-state index contributed by atoms with van der Waals surface area (Å²) in [5.41, 5.74) is 1.42. The number of aryl methyl sites for hydroxylation is 1. The number of aliphatic carboxylic acids is 1. The molecule has 6 heteroatoms. The molecular formula is C17H20ClNO4. The van der Waals surface area contributed by atoms with Crippen LogP contribution in [-0.4, -0.2) is 23.5 Å². The van der Waals surface area contributed by atoms with Gasteiger partial charge in [-0.25, -0.2) is 0 Å². The predicted molar refractivity (Wildman–Crippen MR) is 89.0 cm³/mol. The summed E-state index contributed by atoms with van der Waals surface area (Å²) >= 11 is 5.96. The SMILES string of the molecule is Cc1c(C(=O)NCCCCCCC(=O)O)oc2ccc(Cl)cc12. The van der Waals surface area contributed by atoms with E-state index in [1.807, 2.05) is 6.92 Å². The molecule has 0 radical (unpaired) electrons. The van der Waals surface area contributed by atoms with Crippen LogP contribution in [0.5, 0.6) is 0 Å². The number of nitrogens with one attached hydrogen (secondary N) is 1. The average Bonchev–Trinajstić information content (AvgIpc) is 2.83. The molecule has 124 valence electrons.